The molecule has 0 radical (unpaired) electrons. The van der Waals surface area contributed by atoms with Crippen LogP contribution in [0.4, 0.5) is 5.82 Å². The van der Waals surface area contributed by atoms with Crippen LogP contribution in [0.15, 0.2) is 29.3 Å². The first-order valence-corrected chi connectivity index (χ1v) is 10.7. The third-order valence-electron chi connectivity index (χ3n) is 4.94. The minimum atomic E-state index is 0.129. The zero-order valence-electron chi connectivity index (χ0n) is 16.5. The zero-order chi connectivity index (χ0) is 20.6. The number of benzene rings is 1. The molecule has 1 aromatic carbocycles. The second-order valence-corrected chi connectivity index (χ2v) is 7.98. The molecule has 3 rings (SSSR count). The van der Waals surface area contributed by atoms with Gasteiger partial charge in [0.15, 0.2) is 0 Å². The predicted molar refractivity (Wildman–Crippen MR) is 114 cm³/mol. The highest BCUT2D eigenvalue weighted by Crippen LogP contribution is 2.36. The average Bonchev–Trinajstić information content (AvgIpc) is 2.75. The van der Waals surface area contributed by atoms with E-state index in [9.17, 15) is 10.5 Å². The molecule has 0 bridgehead atoms. The highest BCUT2D eigenvalue weighted by atomic mass is 32.2. The summed E-state index contributed by atoms with van der Waals surface area (Å²) in [7, 11) is 1.62. The van der Waals surface area contributed by atoms with Crippen LogP contribution in [0.5, 0.6) is 5.75 Å². The van der Waals surface area contributed by atoms with Gasteiger partial charge < -0.3 is 15.2 Å². The Kier molecular flexibility index (Phi) is 7.35. The second-order valence-electron chi connectivity index (χ2n) is 6.89. The monoisotopic (exact) mass is 408 g/mol. The van der Waals surface area contributed by atoms with Gasteiger partial charge in [0.25, 0.3) is 0 Å². The number of hydrogen-bond donors (Lipinski definition) is 1. The fourth-order valence-corrected chi connectivity index (χ4v) is 4.39. The molecular formula is C22H24N4O2S. The topological polar surface area (TPSA) is 105 Å². The maximum absolute atomic E-state index is 9.79. The van der Waals surface area contributed by atoms with Crippen LogP contribution in [0.25, 0.3) is 11.1 Å². The van der Waals surface area contributed by atoms with Gasteiger partial charge in [-0.2, -0.15) is 10.5 Å². The summed E-state index contributed by atoms with van der Waals surface area (Å²) in [5.41, 5.74) is 7.89. The van der Waals surface area contributed by atoms with Crippen LogP contribution in [0.1, 0.15) is 43.2 Å². The number of nitrogen functional groups attached to an aromatic ring is 1. The molecule has 1 aliphatic carbocycles. The summed E-state index contributed by atoms with van der Waals surface area (Å²) in [6.07, 6.45) is 6.13. The molecule has 1 fully saturated rings. The number of nitrogens with two attached hydrogens (primary N) is 1. The fraction of sp³-hybridized carbons (Fsp3) is 0.409. The number of anilines is 1. The van der Waals surface area contributed by atoms with E-state index in [0.717, 1.165) is 24.2 Å². The van der Waals surface area contributed by atoms with E-state index < -0.39 is 0 Å². The Morgan fingerprint density at radius 1 is 1.10 bits per heavy atom. The molecule has 0 saturated heterocycles. The van der Waals surface area contributed by atoms with E-state index in [4.69, 9.17) is 15.2 Å². The van der Waals surface area contributed by atoms with Crippen LogP contribution in [-0.2, 0) is 4.74 Å². The summed E-state index contributed by atoms with van der Waals surface area (Å²) in [6.45, 7) is 0.527. The van der Waals surface area contributed by atoms with Gasteiger partial charge in [-0.3, -0.25) is 0 Å². The van der Waals surface area contributed by atoms with Crippen molar-refractivity contribution in [3.05, 3.63) is 35.4 Å². The van der Waals surface area contributed by atoms with Crippen LogP contribution in [0, 0.1) is 22.7 Å². The van der Waals surface area contributed by atoms with E-state index in [-0.39, 0.29) is 17.5 Å². The van der Waals surface area contributed by atoms with E-state index in [2.05, 4.69) is 17.1 Å². The Balaban J connectivity index is 1.93. The molecule has 2 aromatic rings. The van der Waals surface area contributed by atoms with Crippen LogP contribution < -0.4 is 10.5 Å². The van der Waals surface area contributed by atoms with Gasteiger partial charge in [-0.1, -0.05) is 18.6 Å². The van der Waals surface area contributed by atoms with Crippen molar-refractivity contribution in [3.63, 3.8) is 0 Å². The first-order valence-electron chi connectivity index (χ1n) is 9.70. The van der Waals surface area contributed by atoms with E-state index in [1.165, 1.54) is 31.0 Å². The van der Waals surface area contributed by atoms with Crippen molar-refractivity contribution in [2.75, 3.05) is 25.2 Å². The number of nitrogens with zero attached hydrogens (tertiary/aromatic N) is 3. The van der Waals surface area contributed by atoms with Gasteiger partial charge in [-0.25, -0.2) is 4.98 Å². The standard InChI is InChI=1S/C22H24N4O2S/c1-27-11-12-29-22-19(14-24)20(18(13-23)21(25)26-22)15-7-9-17(10-8-15)28-16-5-3-2-4-6-16/h7-10,16H,2-6,11-12H2,1H3,(H2,25,26). The van der Waals surface area contributed by atoms with Gasteiger partial charge in [0.2, 0.25) is 0 Å². The quantitative estimate of drug-likeness (QED) is 0.530. The Labute approximate surface area is 175 Å². The van der Waals surface area contributed by atoms with Gasteiger partial charge in [0.1, 0.15) is 34.3 Å². The van der Waals surface area contributed by atoms with Crippen molar-refractivity contribution in [2.24, 2.45) is 0 Å². The molecule has 2 N–H and O–H groups in total. The molecular weight excluding hydrogens is 384 g/mol. The van der Waals surface area contributed by atoms with Crippen molar-refractivity contribution in [1.29, 1.82) is 10.5 Å². The van der Waals surface area contributed by atoms with Crippen molar-refractivity contribution >= 4 is 17.6 Å². The zero-order valence-corrected chi connectivity index (χ0v) is 17.3. The molecule has 1 heterocycles. The lowest BCUT2D eigenvalue weighted by Crippen LogP contribution is -2.19. The molecule has 150 valence electrons. The summed E-state index contributed by atoms with van der Waals surface area (Å²) in [4.78, 5) is 4.28. The highest BCUT2D eigenvalue weighted by Gasteiger charge is 2.21. The number of aromatic nitrogens is 1. The molecule has 1 aliphatic rings. The van der Waals surface area contributed by atoms with Gasteiger partial charge in [-0.15, -0.1) is 11.8 Å². The Morgan fingerprint density at radius 2 is 1.79 bits per heavy atom. The maximum atomic E-state index is 9.79. The number of pyridine rings is 1. The number of nitriles is 2. The fourth-order valence-electron chi connectivity index (χ4n) is 3.49. The van der Waals surface area contributed by atoms with Crippen molar-refractivity contribution in [2.45, 2.75) is 43.2 Å². The first kappa shape index (κ1) is 21.0. The molecule has 6 nitrogen and oxygen atoms in total. The van der Waals surface area contributed by atoms with Gasteiger partial charge in [0.05, 0.1) is 18.3 Å². The lowest BCUT2D eigenvalue weighted by molar-refractivity contribution is 0.155. The first-order chi connectivity index (χ1) is 14.2. The summed E-state index contributed by atoms with van der Waals surface area (Å²) >= 11 is 1.39. The molecule has 7 heteroatoms. The Morgan fingerprint density at radius 3 is 2.41 bits per heavy atom. The Hall–Kier alpha value is -2.74. The van der Waals surface area contributed by atoms with Crippen molar-refractivity contribution in [3.8, 4) is 29.0 Å². The van der Waals surface area contributed by atoms with Gasteiger partial charge in [0, 0.05) is 18.4 Å². The van der Waals surface area contributed by atoms with E-state index in [1.54, 1.807) is 7.11 Å². The number of methoxy groups -OCH3 is 1. The van der Waals surface area contributed by atoms with Crippen LogP contribution in [0.3, 0.4) is 0 Å². The predicted octanol–water partition coefficient (Wildman–Crippen LogP) is 4.52. The minimum absolute atomic E-state index is 0.129. The van der Waals surface area contributed by atoms with Crippen molar-refractivity contribution < 1.29 is 9.47 Å². The molecule has 0 atom stereocenters. The number of rotatable bonds is 7. The lowest BCUT2D eigenvalue weighted by Gasteiger charge is -2.23. The molecule has 0 unspecified atom stereocenters. The number of ether oxygens (including phenoxy) is 2. The third-order valence-corrected chi connectivity index (χ3v) is 5.88. The summed E-state index contributed by atoms with van der Waals surface area (Å²) in [5.74, 6) is 1.57. The normalized spacial score (nSPS) is 14.2. The average molecular weight is 409 g/mol. The van der Waals surface area contributed by atoms with Crippen molar-refractivity contribution in [1.82, 2.24) is 4.98 Å². The molecule has 1 saturated carbocycles. The van der Waals surface area contributed by atoms with Gasteiger partial charge in [-0.05, 0) is 43.4 Å². The molecule has 0 spiro atoms. The van der Waals surface area contributed by atoms with Crippen LogP contribution in [0.2, 0.25) is 0 Å². The SMILES string of the molecule is COCCSc1nc(N)c(C#N)c(-c2ccc(OC3CCCCC3)cc2)c1C#N. The third kappa shape index (κ3) is 5.00. The summed E-state index contributed by atoms with van der Waals surface area (Å²) in [5, 5.41) is 19.9. The van der Waals surface area contributed by atoms with Crippen LogP contribution in [-0.4, -0.2) is 30.6 Å². The number of thioether (sulfide) groups is 1. The van der Waals surface area contributed by atoms with Gasteiger partial charge >= 0.3 is 0 Å². The lowest BCUT2D eigenvalue weighted by atomic mass is 9.96. The number of hydrogen-bond acceptors (Lipinski definition) is 7. The molecule has 0 amide bonds. The largest absolute Gasteiger partial charge is 0.490 e. The summed E-state index contributed by atoms with van der Waals surface area (Å²) in [6, 6.07) is 11.8. The van der Waals surface area contributed by atoms with E-state index >= 15 is 0 Å². The smallest absolute Gasteiger partial charge is 0.143 e. The van der Waals surface area contributed by atoms with Crippen LogP contribution >= 0.6 is 11.8 Å². The molecule has 0 aliphatic heterocycles. The summed E-state index contributed by atoms with van der Waals surface area (Å²) < 4.78 is 11.2. The second kappa shape index (κ2) is 10.2. The maximum Gasteiger partial charge on any atom is 0.143 e. The molecule has 1 aromatic heterocycles. The highest BCUT2D eigenvalue weighted by molar-refractivity contribution is 7.99. The van der Waals surface area contributed by atoms with E-state index in [1.807, 2.05) is 24.3 Å². The minimum Gasteiger partial charge on any atom is -0.490 e. The molecule has 29 heavy (non-hydrogen) atoms. The van der Waals surface area contributed by atoms with E-state index in [0.29, 0.717) is 28.5 Å². The Bertz CT molecular complexity index is 926.